The number of nitrogen functional groups attached to an aromatic ring is 1. The summed E-state index contributed by atoms with van der Waals surface area (Å²) in [5.74, 6) is -0.796. The predicted octanol–water partition coefficient (Wildman–Crippen LogP) is 0.756. The van der Waals surface area contributed by atoms with Crippen LogP contribution in [0.1, 0.15) is 32.1 Å². The Morgan fingerprint density at radius 2 is 2.05 bits per heavy atom. The fourth-order valence-corrected chi connectivity index (χ4v) is 2.05. The zero-order valence-corrected chi connectivity index (χ0v) is 10.1. The third-order valence-corrected chi connectivity index (χ3v) is 3.09. The van der Waals surface area contributed by atoms with Crippen molar-refractivity contribution in [3.8, 4) is 0 Å². The van der Waals surface area contributed by atoms with Gasteiger partial charge in [0, 0.05) is 5.69 Å². The summed E-state index contributed by atoms with van der Waals surface area (Å²) in [6, 6.07) is 4.82. The zero-order valence-electron chi connectivity index (χ0n) is 10.1. The second kappa shape index (κ2) is 3.91. The molecule has 2 N–H and O–H groups in total. The Morgan fingerprint density at radius 3 is 2.68 bits per heavy atom. The van der Waals surface area contributed by atoms with Crippen LogP contribution in [0, 0.1) is 6.92 Å². The maximum Gasteiger partial charge on any atom is 0.264 e. The number of carbonyl (C=O) groups excluding carboxylic acids is 2. The molecule has 2 heterocycles. The van der Waals surface area contributed by atoms with Crippen LogP contribution in [0.25, 0.3) is 0 Å². The summed E-state index contributed by atoms with van der Waals surface area (Å²) in [6.45, 7) is 1.72. The fourth-order valence-electron chi connectivity index (χ4n) is 2.05. The number of aryl methyl sites for hydroxylation is 1. The van der Waals surface area contributed by atoms with Crippen LogP contribution < -0.4 is 5.73 Å². The van der Waals surface area contributed by atoms with Gasteiger partial charge in [0.25, 0.3) is 11.8 Å². The van der Waals surface area contributed by atoms with Gasteiger partial charge < -0.3 is 5.73 Å². The third kappa shape index (κ3) is 1.59. The van der Waals surface area contributed by atoms with Crippen LogP contribution in [-0.4, -0.2) is 27.0 Å². The van der Waals surface area contributed by atoms with E-state index >= 15 is 0 Å². The first-order valence-electron chi connectivity index (χ1n) is 5.62. The van der Waals surface area contributed by atoms with Crippen LogP contribution in [-0.2, 0) is 6.54 Å². The lowest BCUT2D eigenvalue weighted by atomic mass is 10.1. The first kappa shape index (κ1) is 11.4. The highest BCUT2D eigenvalue weighted by Crippen LogP contribution is 2.28. The molecule has 2 aromatic rings. The number of nitrogens with zero attached hydrogens (tertiary/aromatic N) is 3. The molecular weight excluding hydrogens is 248 g/mol. The summed E-state index contributed by atoms with van der Waals surface area (Å²) >= 11 is 0. The molecule has 1 aromatic carbocycles. The number of hydrogen-bond acceptors (Lipinski definition) is 6. The van der Waals surface area contributed by atoms with Crippen molar-refractivity contribution in [2.45, 2.75) is 13.5 Å². The van der Waals surface area contributed by atoms with Crippen molar-refractivity contribution in [3.63, 3.8) is 0 Å². The van der Waals surface area contributed by atoms with E-state index in [-0.39, 0.29) is 18.0 Å². The lowest BCUT2D eigenvalue weighted by molar-refractivity contribution is 0.0639. The minimum absolute atomic E-state index is 0.0289. The summed E-state index contributed by atoms with van der Waals surface area (Å²) in [4.78, 5) is 25.5. The topological polar surface area (TPSA) is 102 Å². The Labute approximate surface area is 108 Å². The van der Waals surface area contributed by atoms with E-state index in [1.807, 2.05) is 0 Å². The highest BCUT2D eigenvalue weighted by molar-refractivity contribution is 6.23. The largest absolute Gasteiger partial charge is 0.398 e. The maximum atomic E-state index is 12.2. The number of aromatic nitrogens is 2. The van der Waals surface area contributed by atoms with E-state index in [0.29, 0.717) is 22.6 Å². The molecule has 0 spiro atoms. The molecule has 96 valence electrons. The van der Waals surface area contributed by atoms with Crippen molar-refractivity contribution in [1.82, 2.24) is 15.2 Å². The van der Waals surface area contributed by atoms with Crippen LogP contribution in [0.2, 0.25) is 0 Å². The quantitative estimate of drug-likeness (QED) is 0.630. The first-order chi connectivity index (χ1) is 9.09. The summed E-state index contributed by atoms with van der Waals surface area (Å²) in [6.07, 6.45) is 0. The summed E-state index contributed by atoms with van der Waals surface area (Å²) in [5, 5.41) is 7.29. The number of amides is 2. The van der Waals surface area contributed by atoms with Crippen molar-refractivity contribution in [2.24, 2.45) is 0 Å². The summed E-state index contributed by atoms with van der Waals surface area (Å²) in [7, 11) is 0. The number of rotatable bonds is 2. The minimum atomic E-state index is -0.416. The van der Waals surface area contributed by atoms with Crippen molar-refractivity contribution < 1.29 is 14.2 Å². The Morgan fingerprint density at radius 1 is 1.26 bits per heavy atom. The molecule has 0 radical (unpaired) electrons. The van der Waals surface area contributed by atoms with E-state index in [4.69, 9.17) is 5.73 Å². The molecule has 1 aliphatic rings. The minimum Gasteiger partial charge on any atom is -0.398 e. The molecule has 7 nitrogen and oxygen atoms in total. The molecule has 0 fully saturated rings. The summed E-state index contributed by atoms with van der Waals surface area (Å²) < 4.78 is 4.55. The Bertz CT molecular complexity index is 692. The van der Waals surface area contributed by atoms with Crippen LogP contribution >= 0.6 is 0 Å². The lowest BCUT2D eigenvalue weighted by Crippen LogP contribution is -2.29. The average molecular weight is 258 g/mol. The van der Waals surface area contributed by atoms with Gasteiger partial charge in [0.2, 0.25) is 0 Å². The van der Waals surface area contributed by atoms with E-state index < -0.39 is 5.91 Å². The second-order valence-electron chi connectivity index (χ2n) is 4.26. The maximum absolute atomic E-state index is 12.2. The highest BCUT2D eigenvalue weighted by atomic mass is 16.6. The smallest absolute Gasteiger partial charge is 0.264 e. The van der Waals surface area contributed by atoms with Crippen molar-refractivity contribution in [1.29, 1.82) is 0 Å². The van der Waals surface area contributed by atoms with E-state index in [9.17, 15) is 9.59 Å². The summed E-state index contributed by atoms with van der Waals surface area (Å²) in [5.41, 5.74) is 7.61. The molecule has 19 heavy (non-hydrogen) atoms. The number of nitrogens with two attached hydrogens (primary N) is 1. The molecule has 2 amide bonds. The van der Waals surface area contributed by atoms with Gasteiger partial charge in [-0.25, -0.2) is 4.63 Å². The van der Waals surface area contributed by atoms with Gasteiger partial charge in [-0.15, -0.1) is 0 Å². The van der Waals surface area contributed by atoms with Gasteiger partial charge in [0.05, 0.1) is 17.7 Å². The normalized spacial score (nSPS) is 14.1. The molecule has 1 aromatic heterocycles. The van der Waals surface area contributed by atoms with E-state index in [2.05, 4.69) is 14.9 Å². The third-order valence-electron chi connectivity index (χ3n) is 3.09. The first-order valence-corrected chi connectivity index (χ1v) is 5.62. The predicted molar refractivity (Wildman–Crippen MR) is 64.1 cm³/mol. The van der Waals surface area contributed by atoms with Gasteiger partial charge in [-0.2, -0.15) is 0 Å². The van der Waals surface area contributed by atoms with E-state index in [1.165, 1.54) is 0 Å². The molecular formula is C12H10N4O3. The zero-order chi connectivity index (χ0) is 13.6. The number of fused-ring (bicyclic) bond motifs is 1. The highest BCUT2D eigenvalue weighted by Gasteiger charge is 2.37. The van der Waals surface area contributed by atoms with Crippen LogP contribution in [0.15, 0.2) is 22.8 Å². The van der Waals surface area contributed by atoms with Gasteiger partial charge in [-0.3, -0.25) is 14.5 Å². The van der Waals surface area contributed by atoms with Crippen molar-refractivity contribution >= 4 is 17.5 Å². The fraction of sp³-hybridized carbons (Fsp3) is 0.167. The molecule has 0 saturated heterocycles. The van der Waals surface area contributed by atoms with E-state index in [0.717, 1.165) is 4.90 Å². The van der Waals surface area contributed by atoms with Gasteiger partial charge >= 0.3 is 0 Å². The number of carbonyl (C=O) groups is 2. The second-order valence-corrected chi connectivity index (χ2v) is 4.26. The molecule has 0 bridgehead atoms. The van der Waals surface area contributed by atoms with Crippen LogP contribution in [0.3, 0.4) is 0 Å². The van der Waals surface area contributed by atoms with E-state index in [1.54, 1.807) is 25.1 Å². The lowest BCUT2D eigenvalue weighted by Gasteiger charge is -2.11. The number of hydrogen-bond donors (Lipinski definition) is 1. The standard InChI is InChI=1S/C12H10N4O3/c1-6-9(15-19-14-6)5-16-11(17)7-3-2-4-8(13)10(7)12(16)18/h2-4H,5,13H2,1H3. The average Bonchev–Trinajstić information content (AvgIpc) is 2.88. The Kier molecular flexibility index (Phi) is 2.34. The van der Waals surface area contributed by atoms with Crippen LogP contribution in [0.5, 0.6) is 0 Å². The molecule has 0 aliphatic carbocycles. The van der Waals surface area contributed by atoms with Gasteiger partial charge in [-0.1, -0.05) is 16.4 Å². The number of benzene rings is 1. The Hall–Kier alpha value is -2.70. The van der Waals surface area contributed by atoms with Crippen molar-refractivity contribution in [2.75, 3.05) is 5.73 Å². The Balaban J connectivity index is 1.99. The number of imide groups is 1. The molecule has 0 atom stereocenters. The van der Waals surface area contributed by atoms with Gasteiger partial charge in [0.15, 0.2) is 0 Å². The van der Waals surface area contributed by atoms with Gasteiger partial charge in [0.1, 0.15) is 11.4 Å². The van der Waals surface area contributed by atoms with Crippen LogP contribution in [0.4, 0.5) is 5.69 Å². The molecule has 0 unspecified atom stereocenters. The van der Waals surface area contributed by atoms with Crippen molar-refractivity contribution in [3.05, 3.63) is 40.7 Å². The monoisotopic (exact) mass is 258 g/mol. The molecule has 0 saturated carbocycles. The molecule has 3 rings (SSSR count). The number of anilines is 1. The molecule has 1 aliphatic heterocycles. The SMILES string of the molecule is Cc1nonc1CN1C(=O)c2cccc(N)c2C1=O. The molecule has 7 heteroatoms. The van der Waals surface area contributed by atoms with Gasteiger partial charge in [-0.05, 0) is 19.1 Å².